The van der Waals surface area contributed by atoms with E-state index in [1.165, 1.54) is 43.4 Å². The molecule has 0 atom stereocenters. The molecular weight excluding hydrogens is 719 g/mol. The highest BCUT2D eigenvalue weighted by Crippen LogP contribution is 2.53. The lowest BCUT2D eigenvalue weighted by Gasteiger charge is -2.24. The highest BCUT2D eigenvalue weighted by Gasteiger charge is 2.41. The Balaban J connectivity index is 1.17. The summed E-state index contributed by atoms with van der Waals surface area (Å²) in [5.41, 5.74) is 14.3. The first kappa shape index (κ1) is 33.3. The van der Waals surface area contributed by atoms with Crippen LogP contribution in [-0.4, -0.2) is 19.1 Å². The summed E-state index contributed by atoms with van der Waals surface area (Å²) < 4.78 is 4.63. The van der Waals surface area contributed by atoms with Crippen molar-refractivity contribution < 1.29 is 0 Å². The van der Waals surface area contributed by atoms with Crippen LogP contribution in [0.15, 0.2) is 176 Å². The molecule has 0 saturated heterocycles. The van der Waals surface area contributed by atoms with Crippen molar-refractivity contribution in [1.29, 1.82) is 5.26 Å². The molecule has 0 radical (unpaired) electrons. The fraction of sp³-hybridized carbons (Fsp3) is 0.0556. The number of rotatable bonds is 4. The first-order valence-electron chi connectivity index (χ1n) is 20.1. The molecule has 11 aromatic rings. The first-order chi connectivity index (χ1) is 29.0. The van der Waals surface area contributed by atoms with Gasteiger partial charge in [-0.05, 0) is 88.1 Å². The number of hydrogen-bond acceptors (Lipinski definition) is 3. The van der Waals surface area contributed by atoms with Gasteiger partial charge in [-0.25, -0.2) is 9.97 Å². The Bertz CT molecular complexity index is 3580. The van der Waals surface area contributed by atoms with Crippen LogP contribution in [0.2, 0.25) is 0 Å². The van der Waals surface area contributed by atoms with E-state index in [2.05, 4.69) is 181 Å². The van der Waals surface area contributed by atoms with Gasteiger partial charge < -0.3 is 4.57 Å². The molecule has 3 heterocycles. The molecule has 0 unspecified atom stereocenters. The van der Waals surface area contributed by atoms with Gasteiger partial charge in [-0.2, -0.15) is 5.26 Å². The van der Waals surface area contributed by atoms with Crippen molar-refractivity contribution in [1.82, 2.24) is 19.1 Å². The predicted octanol–water partition coefficient (Wildman–Crippen LogP) is 13.3. The minimum absolute atomic E-state index is 0.431. The first-order valence-corrected chi connectivity index (χ1v) is 20.1. The summed E-state index contributed by atoms with van der Waals surface area (Å²) in [6.07, 6.45) is 0. The summed E-state index contributed by atoms with van der Waals surface area (Å²) in [5, 5.41) is 16.6. The van der Waals surface area contributed by atoms with E-state index in [-0.39, 0.29) is 0 Å². The third kappa shape index (κ3) is 4.84. The summed E-state index contributed by atoms with van der Waals surface area (Å²) in [5.74, 6) is 0.642. The molecule has 0 saturated carbocycles. The van der Waals surface area contributed by atoms with Crippen molar-refractivity contribution in [3.05, 3.63) is 193 Å². The van der Waals surface area contributed by atoms with E-state index in [0.717, 1.165) is 61.4 Å². The van der Waals surface area contributed by atoms with E-state index in [4.69, 9.17) is 9.97 Å². The fourth-order valence-electron chi connectivity index (χ4n) is 9.71. The smallest absolute Gasteiger partial charge is 0.235 e. The van der Waals surface area contributed by atoms with E-state index >= 15 is 0 Å². The molecule has 0 aliphatic heterocycles. The largest absolute Gasteiger partial charge is 0.309 e. The SMILES string of the molecule is CC1(C)c2cc(-c3ccc(C#N)cc3)ccc2-c2nc(-n3c4ccccc4c4cc5ccccc5cc43)nc(-c3ccc4c5ccccc5n(-c5ccccc5)c4c3)c21. The average molecular weight is 754 g/mol. The Labute approximate surface area is 340 Å². The summed E-state index contributed by atoms with van der Waals surface area (Å²) in [6.45, 7) is 4.61. The third-order valence-corrected chi connectivity index (χ3v) is 12.5. The summed E-state index contributed by atoms with van der Waals surface area (Å²) >= 11 is 0. The van der Waals surface area contributed by atoms with Crippen LogP contribution in [0, 0.1) is 11.3 Å². The topological polar surface area (TPSA) is 59.4 Å². The molecule has 0 bridgehead atoms. The Morgan fingerprint density at radius 2 is 1.07 bits per heavy atom. The van der Waals surface area contributed by atoms with Gasteiger partial charge in [0.1, 0.15) is 0 Å². The fourth-order valence-corrected chi connectivity index (χ4v) is 9.71. The van der Waals surface area contributed by atoms with Crippen LogP contribution < -0.4 is 0 Å². The molecule has 1 aliphatic rings. The minimum atomic E-state index is -0.431. The van der Waals surface area contributed by atoms with Gasteiger partial charge >= 0.3 is 0 Å². The van der Waals surface area contributed by atoms with Crippen LogP contribution in [0.1, 0.15) is 30.5 Å². The molecule has 0 fully saturated rings. The molecule has 276 valence electrons. The highest BCUT2D eigenvalue weighted by molar-refractivity contribution is 6.14. The molecule has 1 aliphatic carbocycles. The van der Waals surface area contributed by atoms with Crippen LogP contribution in [-0.2, 0) is 5.41 Å². The van der Waals surface area contributed by atoms with Gasteiger partial charge in [0, 0.05) is 49.3 Å². The molecule has 8 aromatic carbocycles. The van der Waals surface area contributed by atoms with Crippen molar-refractivity contribution in [3.63, 3.8) is 0 Å². The lowest BCUT2D eigenvalue weighted by molar-refractivity contribution is 0.657. The Hall–Kier alpha value is -7.81. The van der Waals surface area contributed by atoms with E-state index in [0.29, 0.717) is 11.5 Å². The zero-order valence-electron chi connectivity index (χ0n) is 32.5. The number of aromatic nitrogens is 4. The van der Waals surface area contributed by atoms with Crippen molar-refractivity contribution >= 4 is 54.4 Å². The summed E-state index contributed by atoms with van der Waals surface area (Å²) in [6, 6.07) is 64.7. The lowest BCUT2D eigenvalue weighted by Crippen LogP contribution is -2.18. The highest BCUT2D eigenvalue weighted by atomic mass is 15.2. The van der Waals surface area contributed by atoms with E-state index < -0.39 is 5.41 Å². The van der Waals surface area contributed by atoms with Crippen LogP contribution in [0.5, 0.6) is 0 Å². The van der Waals surface area contributed by atoms with Crippen molar-refractivity contribution in [2.45, 2.75) is 19.3 Å². The van der Waals surface area contributed by atoms with Crippen molar-refractivity contribution in [3.8, 4) is 51.3 Å². The normalized spacial score (nSPS) is 13.0. The lowest BCUT2D eigenvalue weighted by atomic mass is 9.80. The molecular formula is C54H35N5. The summed E-state index contributed by atoms with van der Waals surface area (Å²) in [7, 11) is 0. The molecule has 59 heavy (non-hydrogen) atoms. The molecule has 3 aromatic heterocycles. The number of fused-ring (bicyclic) bond motifs is 10. The van der Waals surface area contributed by atoms with Crippen LogP contribution >= 0.6 is 0 Å². The van der Waals surface area contributed by atoms with Crippen LogP contribution in [0.3, 0.4) is 0 Å². The number of nitrogens with zero attached hydrogens (tertiary/aromatic N) is 5. The second-order valence-electron chi connectivity index (χ2n) is 16.2. The number of nitriles is 1. The quantitative estimate of drug-likeness (QED) is 0.180. The molecule has 5 nitrogen and oxygen atoms in total. The van der Waals surface area contributed by atoms with Gasteiger partial charge in [0.15, 0.2) is 0 Å². The monoisotopic (exact) mass is 753 g/mol. The Kier molecular flexibility index (Phi) is 6.98. The van der Waals surface area contributed by atoms with Gasteiger partial charge in [-0.1, -0.05) is 129 Å². The zero-order chi connectivity index (χ0) is 39.4. The maximum absolute atomic E-state index is 9.47. The number of hydrogen-bond donors (Lipinski definition) is 0. The third-order valence-electron chi connectivity index (χ3n) is 12.5. The zero-order valence-corrected chi connectivity index (χ0v) is 32.5. The van der Waals surface area contributed by atoms with Gasteiger partial charge in [0.25, 0.3) is 0 Å². The van der Waals surface area contributed by atoms with Crippen molar-refractivity contribution in [2.75, 3.05) is 0 Å². The van der Waals surface area contributed by atoms with E-state index in [1.54, 1.807) is 0 Å². The molecule has 5 heteroatoms. The summed E-state index contributed by atoms with van der Waals surface area (Å²) in [4.78, 5) is 11.3. The number of benzene rings is 8. The maximum atomic E-state index is 9.47. The Morgan fingerprint density at radius 1 is 0.475 bits per heavy atom. The van der Waals surface area contributed by atoms with Gasteiger partial charge in [-0.15, -0.1) is 0 Å². The maximum Gasteiger partial charge on any atom is 0.235 e. The average Bonchev–Trinajstić information content (AvgIpc) is 3.87. The van der Waals surface area contributed by atoms with Gasteiger partial charge in [0.05, 0.1) is 45.1 Å². The molecule has 12 rings (SSSR count). The standard InChI is InChI=1S/C54H35N5/c1-54(2)45-29-37(34-22-20-33(32-55)21-23-34)24-27-43(45)52-50(54)51(38-25-26-42-40-16-8-10-18-46(40)58(48(42)31-38)39-14-4-3-5-15-39)56-53(57-52)59-47-19-11-9-17-41(47)44-28-35-12-6-7-13-36(35)30-49(44)59/h3-31H,1-2H3. The van der Waals surface area contributed by atoms with Crippen LogP contribution in [0.25, 0.3) is 99.7 Å². The van der Waals surface area contributed by atoms with Gasteiger partial charge in [0.2, 0.25) is 5.95 Å². The Morgan fingerprint density at radius 3 is 1.83 bits per heavy atom. The molecule has 0 amide bonds. The second kappa shape index (κ2) is 12.3. The second-order valence-corrected chi connectivity index (χ2v) is 16.2. The molecule has 0 spiro atoms. The van der Waals surface area contributed by atoms with Crippen LogP contribution in [0.4, 0.5) is 0 Å². The van der Waals surface area contributed by atoms with Crippen molar-refractivity contribution in [2.24, 2.45) is 0 Å². The number of para-hydroxylation sites is 3. The van der Waals surface area contributed by atoms with Gasteiger partial charge in [-0.3, -0.25) is 4.57 Å². The minimum Gasteiger partial charge on any atom is -0.309 e. The molecule has 0 N–H and O–H groups in total. The van der Waals surface area contributed by atoms with E-state index in [1.807, 2.05) is 24.3 Å². The van der Waals surface area contributed by atoms with E-state index in [9.17, 15) is 5.26 Å². The predicted molar refractivity (Wildman–Crippen MR) is 241 cm³/mol.